The van der Waals surface area contributed by atoms with Crippen LogP contribution in [0, 0.1) is 5.82 Å². The first-order chi connectivity index (χ1) is 13.6. The largest absolute Gasteiger partial charge is 0.377 e. The lowest BCUT2D eigenvalue weighted by Crippen LogP contribution is -2.60. The summed E-state index contributed by atoms with van der Waals surface area (Å²) in [6, 6.07) is 10.6. The van der Waals surface area contributed by atoms with Crippen LogP contribution in [0.5, 0.6) is 0 Å². The van der Waals surface area contributed by atoms with Gasteiger partial charge in [0.2, 0.25) is 5.91 Å². The molecule has 152 valence electrons. The Hall–Kier alpha value is -1.03. The first kappa shape index (κ1) is 21.7. The third kappa shape index (κ3) is 4.75. The number of carbonyl (C=O) groups excluding carboxylic acids is 1. The average molecular weight is 516 g/mol. The first-order valence-electron chi connectivity index (χ1n) is 9.56. The van der Waals surface area contributed by atoms with Gasteiger partial charge in [-0.15, -0.1) is 11.3 Å². The van der Waals surface area contributed by atoms with Crippen LogP contribution in [0.4, 0.5) is 10.1 Å². The van der Waals surface area contributed by atoms with Crippen LogP contribution in [0.3, 0.4) is 0 Å². The van der Waals surface area contributed by atoms with Gasteiger partial charge in [-0.1, -0.05) is 47.7 Å². The number of halogens is 2. The standard InChI is InChI=1S/C21H26FIN2O2S/c1-3-19(26)25(17-9-5-4-8-16(17)22)18-11-13-24(21(23)20(18)27-2)12-10-15-7-6-14-28-15/h4-9,14,18,20-21H,3,10-13H2,1-2H3. The van der Waals surface area contributed by atoms with E-state index in [0.29, 0.717) is 12.1 Å². The molecule has 28 heavy (non-hydrogen) atoms. The zero-order valence-electron chi connectivity index (χ0n) is 16.2. The number of hydrogen-bond donors (Lipinski definition) is 0. The van der Waals surface area contributed by atoms with Gasteiger partial charge in [-0.05, 0) is 36.4 Å². The van der Waals surface area contributed by atoms with Crippen molar-refractivity contribution < 1.29 is 13.9 Å². The van der Waals surface area contributed by atoms with Crippen LogP contribution < -0.4 is 4.90 Å². The molecule has 0 N–H and O–H groups in total. The number of para-hydroxylation sites is 1. The highest BCUT2D eigenvalue weighted by Gasteiger charge is 2.42. The van der Waals surface area contributed by atoms with E-state index in [4.69, 9.17) is 4.74 Å². The minimum atomic E-state index is -0.371. The summed E-state index contributed by atoms with van der Waals surface area (Å²) in [6.07, 6.45) is 1.90. The molecule has 0 spiro atoms. The number of ether oxygens (including phenoxy) is 1. The number of anilines is 1. The third-order valence-electron chi connectivity index (χ3n) is 5.22. The maximum Gasteiger partial charge on any atom is 0.227 e. The molecule has 1 aromatic carbocycles. The van der Waals surface area contributed by atoms with Gasteiger partial charge >= 0.3 is 0 Å². The molecule has 3 unspecified atom stereocenters. The van der Waals surface area contributed by atoms with Gasteiger partial charge in [0.1, 0.15) is 11.9 Å². The van der Waals surface area contributed by atoms with Crippen molar-refractivity contribution in [3.05, 3.63) is 52.5 Å². The molecule has 2 aromatic rings. The van der Waals surface area contributed by atoms with Crippen LogP contribution in [-0.4, -0.2) is 47.2 Å². The number of thiophene rings is 1. The molecule has 1 fully saturated rings. The maximum absolute atomic E-state index is 14.5. The molecule has 2 heterocycles. The molecular weight excluding hydrogens is 490 g/mol. The molecule has 7 heteroatoms. The summed E-state index contributed by atoms with van der Waals surface area (Å²) < 4.78 is 20.5. The maximum atomic E-state index is 14.5. The van der Waals surface area contributed by atoms with Gasteiger partial charge in [-0.25, -0.2) is 4.39 Å². The number of amides is 1. The van der Waals surface area contributed by atoms with Crippen molar-refractivity contribution in [2.75, 3.05) is 25.1 Å². The van der Waals surface area contributed by atoms with Crippen molar-refractivity contribution in [2.24, 2.45) is 0 Å². The monoisotopic (exact) mass is 516 g/mol. The number of alkyl halides is 1. The number of benzene rings is 1. The summed E-state index contributed by atoms with van der Waals surface area (Å²) in [4.78, 5) is 18.2. The highest BCUT2D eigenvalue weighted by atomic mass is 127. The van der Waals surface area contributed by atoms with Crippen molar-refractivity contribution in [3.8, 4) is 0 Å². The predicted octanol–water partition coefficient (Wildman–Crippen LogP) is 4.72. The van der Waals surface area contributed by atoms with Gasteiger partial charge in [0.15, 0.2) is 0 Å². The molecule has 3 rings (SSSR count). The zero-order valence-corrected chi connectivity index (χ0v) is 19.2. The number of nitrogens with zero attached hydrogens (tertiary/aromatic N) is 2. The van der Waals surface area contributed by atoms with E-state index in [1.165, 1.54) is 10.9 Å². The van der Waals surface area contributed by atoms with Crippen molar-refractivity contribution in [1.29, 1.82) is 0 Å². The Balaban J connectivity index is 1.80. The molecule has 1 saturated heterocycles. The SMILES string of the molecule is CCC(=O)N(c1ccccc1F)C1CCN(CCc2cccs2)C(I)C1OC. The van der Waals surface area contributed by atoms with E-state index in [1.54, 1.807) is 41.5 Å². The molecule has 3 atom stereocenters. The predicted molar refractivity (Wildman–Crippen MR) is 121 cm³/mol. The Morgan fingerprint density at radius 3 is 2.79 bits per heavy atom. The number of methoxy groups -OCH3 is 1. The van der Waals surface area contributed by atoms with Gasteiger partial charge in [0, 0.05) is 31.5 Å². The molecule has 0 bridgehead atoms. The lowest BCUT2D eigenvalue weighted by molar-refractivity contribution is -0.120. The topological polar surface area (TPSA) is 32.8 Å². The van der Waals surface area contributed by atoms with Gasteiger partial charge in [-0.3, -0.25) is 9.69 Å². The number of likely N-dealkylation sites (tertiary alicyclic amines) is 1. The summed E-state index contributed by atoms with van der Waals surface area (Å²) >= 11 is 4.18. The van der Waals surface area contributed by atoms with Crippen LogP contribution in [-0.2, 0) is 16.0 Å². The fraction of sp³-hybridized carbons (Fsp3) is 0.476. The summed E-state index contributed by atoms with van der Waals surface area (Å²) in [5, 5.41) is 2.10. The first-order valence-corrected chi connectivity index (χ1v) is 11.7. The van der Waals surface area contributed by atoms with Crippen LogP contribution >= 0.6 is 33.9 Å². The van der Waals surface area contributed by atoms with E-state index in [-0.39, 0.29) is 27.9 Å². The van der Waals surface area contributed by atoms with Crippen molar-refractivity contribution in [2.45, 2.75) is 42.4 Å². The number of carbonyl (C=O) groups is 1. The van der Waals surface area contributed by atoms with Crippen LogP contribution in [0.2, 0.25) is 0 Å². The Morgan fingerprint density at radius 1 is 1.36 bits per heavy atom. The van der Waals surface area contributed by atoms with Crippen molar-refractivity contribution >= 4 is 45.5 Å². The molecule has 1 aliphatic rings. The Morgan fingerprint density at radius 2 is 2.14 bits per heavy atom. The van der Waals surface area contributed by atoms with E-state index in [0.717, 1.165) is 25.9 Å². The molecule has 4 nitrogen and oxygen atoms in total. The Kier molecular flexibility index (Phi) is 7.85. The minimum Gasteiger partial charge on any atom is -0.377 e. The van der Waals surface area contributed by atoms with E-state index < -0.39 is 0 Å². The third-order valence-corrected chi connectivity index (χ3v) is 7.66. The van der Waals surface area contributed by atoms with Crippen LogP contribution in [0.25, 0.3) is 0 Å². The lowest BCUT2D eigenvalue weighted by atomic mass is 9.98. The fourth-order valence-electron chi connectivity index (χ4n) is 3.78. The van der Waals surface area contributed by atoms with Gasteiger partial charge < -0.3 is 9.64 Å². The zero-order chi connectivity index (χ0) is 20.1. The summed E-state index contributed by atoms with van der Waals surface area (Å²) in [7, 11) is 1.68. The lowest BCUT2D eigenvalue weighted by Gasteiger charge is -2.46. The number of hydrogen-bond acceptors (Lipinski definition) is 4. The molecule has 0 saturated carbocycles. The second-order valence-corrected chi connectivity index (χ2v) is 9.17. The molecule has 1 aromatic heterocycles. The highest BCUT2D eigenvalue weighted by Crippen LogP contribution is 2.33. The Labute approximate surface area is 183 Å². The normalized spacial score (nSPS) is 22.9. The van der Waals surface area contributed by atoms with E-state index >= 15 is 0 Å². The molecule has 0 radical (unpaired) electrons. The quantitative estimate of drug-likeness (QED) is 0.303. The van der Waals surface area contributed by atoms with Gasteiger partial charge in [-0.2, -0.15) is 0 Å². The minimum absolute atomic E-state index is 0.0761. The molecule has 0 aliphatic carbocycles. The van der Waals surface area contributed by atoms with Gasteiger partial charge in [0.05, 0.1) is 15.8 Å². The van der Waals surface area contributed by atoms with Crippen molar-refractivity contribution in [1.82, 2.24) is 4.90 Å². The highest BCUT2D eigenvalue weighted by molar-refractivity contribution is 14.1. The summed E-state index contributed by atoms with van der Waals surface area (Å²) in [5.41, 5.74) is 0.344. The molecular formula is C21H26FIN2O2S. The van der Waals surface area contributed by atoms with E-state index in [9.17, 15) is 9.18 Å². The molecule has 1 amide bonds. The smallest absolute Gasteiger partial charge is 0.227 e. The van der Waals surface area contributed by atoms with Gasteiger partial charge in [0.25, 0.3) is 0 Å². The van der Waals surface area contributed by atoms with Crippen LogP contribution in [0.15, 0.2) is 41.8 Å². The summed E-state index contributed by atoms with van der Waals surface area (Å²) in [6.45, 7) is 3.61. The average Bonchev–Trinajstić information content (AvgIpc) is 3.22. The summed E-state index contributed by atoms with van der Waals surface area (Å²) in [5.74, 6) is -0.447. The number of rotatable bonds is 7. The van der Waals surface area contributed by atoms with Crippen molar-refractivity contribution in [3.63, 3.8) is 0 Å². The van der Waals surface area contributed by atoms with E-state index in [1.807, 2.05) is 6.92 Å². The number of piperidine rings is 1. The Bertz CT molecular complexity index is 774. The van der Waals surface area contributed by atoms with Crippen LogP contribution in [0.1, 0.15) is 24.6 Å². The fourth-order valence-corrected chi connectivity index (χ4v) is 5.81. The second kappa shape index (κ2) is 10.1. The van der Waals surface area contributed by atoms with E-state index in [2.05, 4.69) is 45.0 Å². The second-order valence-electron chi connectivity index (χ2n) is 6.86. The molecule has 1 aliphatic heterocycles.